The highest BCUT2D eigenvalue weighted by Gasteiger charge is 1.93. The van der Waals surface area contributed by atoms with E-state index in [-0.39, 0.29) is 6.61 Å². The zero-order valence-electron chi connectivity index (χ0n) is 7.11. The summed E-state index contributed by atoms with van der Waals surface area (Å²) < 4.78 is 0. The van der Waals surface area contributed by atoms with E-state index in [0.717, 1.165) is 31.5 Å². The molecule has 0 spiro atoms. The molecule has 3 nitrogen and oxygen atoms in total. The molecular weight excluding hydrogens is 152 g/mol. The summed E-state index contributed by atoms with van der Waals surface area (Å²) in [4.78, 5) is 8.21. The maximum Gasteiger partial charge on any atom is 0.128 e. The van der Waals surface area contributed by atoms with E-state index in [9.17, 15) is 0 Å². The molecule has 0 unspecified atom stereocenters. The average molecular weight is 166 g/mol. The first-order chi connectivity index (χ1) is 5.93. The summed E-state index contributed by atoms with van der Waals surface area (Å²) in [5.74, 6) is 0.899. The molecule has 1 N–H and O–H groups in total. The lowest BCUT2D eigenvalue weighted by Gasteiger charge is -1.97. The van der Waals surface area contributed by atoms with Crippen molar-refractivity contribution in [3.8, 4) is 0 Å². The zero-order valence-corrected chi connectivity index (χ0v) is 7.11. The molecule has 0 bridgehead atoms. The summed E-state index contributed by atoms with van der Waals surface area (Å²) in [7, 11) is 0. The van der Waals surface area contributed by atoms with E-state index < -0.39 is 0 Å². The number of aromatic nitrogens is 2. The van der Waals surface area contributed by atoms with Gasteiger partial charge in [-0.05, 0) is 18.9 Å². The fraction of sp³-hybridized carbons (Fsp3) is 0.556. The molecule has 3 heteroatoms. The summed E-state index contributed by atoms with van der Waals surface area (Å²) >= 11 is 0. The molecule has 0 saturated carbocycles. The number of rotatable bonds is 5. The van der Waals surface area contributed by atoms with E-state index in [1.165, 1.54) is 0 Å². The van der Waals surface area contributed by atoms with Crippen LogP contribution in [0.3, 0.4) is 0 Å². The maximum absolute atomic E-state index is 8.53. The minimum atomic E-state index is 0.287. The smallest absolute Gasteiger partial charge is 0.128 e. The van der Waals surface area contributed by atoms with Crippen LogP contribution >= 0.6 is 0 Å². The second-order valence-corrected chi connectivity index (χ2v) is 2.70. The van der Waals surface area contributed by atoms with E-state index in [4.69, 9.17) is 5.11 Å². The van der Waals surface area contributed by atoms with Crippen LogP contribution in [-0.2, 0) is 6.42 Å². The Bertz CT molecular complexity index is 201. The molecule has 0 amide bonds. The van der Waals surface area contributed by atoms with Crippen LogP contribution in [0.5, 0.6) is 0 Å². The molecule has 1 heterocycles. The van der Waals surface area contributed by atoms with Crippen molar-refractivity contribution in [2.45, 2.75) is 25.7 Å². The van der Waals surface area contributed by atoms with Gasteiger partial charge in [0.2, 0.25) is 0 Å². The summed E-state index contributed by atoms with van der Waals surface area (Å²) in [5, 5.41) is 8.53. The van der Waals surface area contributed by atoms with E-state index in [0.29, 0.717) is 0 Å². The van der Waals surface area contributed by atoms with Gasteiger partial charge in [0.05, 0.1) is 0 Å². The normalized spacial score (nSPS) is 10.1. The molecule has 0 aromatic carbocycles. The first kappa shape index (κ1) is 9.13. The Labute approximate surface area is 72.5 Å². The summed E-state index contributed by atoms with van der Waals surface area (Å²) in [6, 6.07) is 1.82. The van der Waals surface area contributed by atoms with Crippen LogP contribution in [0, 0.1) is 0 Å². The second-order valence-electron chi connectivity index (χ2n) is 2.70. The van der Waals surface area contributed by atoms with E-state index in [1.54, 1.807) is 12.4 Å². The van der Waals surface area contributed by atoms with Crippen LogP contribution in [0.1, 0.15) is 25.1 Å². The number of aryl methyl sites for hydroxylation is 1. The minimum absolute atomic E-state index is 0.287. The highest BCUT2D eigenvalue weighted by Crippen LogP contribution is 2.00. The molecule has 0 atom stereocenters. The molecule has 66 valence electrons. The standard InChI is InChI=1S/C9H14N2O/c12-8-3-1-2-5-9-10-6-4-7-11-9/h4,6-7,12H,1-3,5,8H2. The van der Waals surface area contributed by atoms with Crippen LogP contribution in [0.25, 0.3) is 0 Å². The van der Waals surface area contributed by atoms with Crippen LogP contribution < -0.4 is 0 Å². The lowest BCUT2D eigenvalue weighted by atomic mass is 10.2. The Kier molecular flexibility index (Phi) is 4.31. The van der Waals surface area contributed by atoms with Gasteiger partial charge in [0.1, 0.15) is 5.82 Å². The van der Waals surface area contributed by atoms with Crippen molar-refractivity contribution < 1.29 is 5.11 Å². The van der Waals surface area contributed by atoms with Crippen LogP contribution in [0.15, 0.2) is 18.5 Å². The molecular formula is C9H14N2O. The highest BCUT2D eigenvalue weighted by atomic mass is 16.2. The fourth-order valence-electron chi connectivity index (χ4n) is 1.03. The fourth-order valence-corrected chi connectivity index (χ4v) is 1.03. The molecule has 1 aromatic rings. The molecule has 1 aromatic heterocycles. The van der Waals surface area contributed by atoms with Crippen LogP contribution in [0.2, 0.25) is 0 Å². The number of nitrogens with zero attached hydrogens (tertiary/aromatic N) is 2. The average Bonchev–Trinajstić information content (AvgIpc) is 2.14. The van der Waals surface area contributed by atoms with Gasteiger partial charge in [-0.1, -0.05) is 6.42 Å². The highest BCUT2D eigenvalue weighted by molar-refractivity contribution is 4.88. The van der Waals surface area contributed by atoms with Gasteiger partial charge in [-0.3, -0.25) is 0 Å². The van der Waals surface area contributed by atoms with Crippen molar-refractivity contribution in [3.05, 3.63) is 24.3 Å². The third kappa shape index (κ3) is 3.44. The van der Waals surface area contributed by atoms with Crippen molar-refractivity contribution in [3.63, 3.8) is 0 Å². The van der Waals surface area contributed by atoms with Gasteiger partial charge >= 0.3 is 0 Å². The van der Waals surface area contributed by atoms with Gasteiger partial charge in [-0.2, -0.15) is 0 Å². The maximum atomic E-state index is 8.53. The summed E-state index contributed by atoms with van der Waals surface area (Å²) in [5.41, 5.74) is 0. The number of aliphatic hydroxyl groups excluding tert-OH is 1. The lowest BCUT2D eigenvalue weighted by molar-refractivity contribution is 0.283. The Morgan fingerprint density at radius 1 is 1.08 bits per heavy atom. The zero-order chi connectivity index (χ0) is 8.65. The number of aliphatic hydroxyl groups is 1. The quantitative estimate of drug-likeness (QED) is 0.668. The molecule has 0 fully saturated rings. The van der Waals surface area contributed by atoms with Gasteiger partial charge in [0.15, 0.2) is 0 Å². The first-order valence-corrected chi connectivity index (χ1v) is 4.30. The third-order valence-corrected chi connectivity index (χ3v) is 1.68. The largest absolute Gasteiger partial charge is 0.396 e. The third-order valence-electron chi connectivity index (χ3n) is 1.68. The van der Waals surface area contributed by atoms with E-state index >= 15 is 0 Å². The Morgan fingerprint density at radius 3 is 2.50 bits per heavy atom. The van der Waals surface area contributed by atoms with Gasteiger partial charge in [-0.25, -0.2) is 9.97 Å². The molecule has 1 rings (SSSR count). The number of hydrogen-bond donors (Lipinski definition) is 1. The molecule has 12 heavy (non-hydrogen) atoms. The molecule has 0 aliphatic heterocycles. The minimum Gasteiger partial charge on any atom is -0.396 e. The van der Waals surface area contributed by atoms with E-state index in [2.05, 4.69) is 9.97 Å². The number of unbranched alkanes of at least 4 members (excludes halogenated alkanes) is 2. The predicted octanol–water partition coefficient (Wildman–Crippen LogP) is 1.18. The van der Waals surface area contributed by atoms with Crippen molar-refractivity contribution >= 4 is 0 Å². The van der Waals surface area contributed by atoms with E-state index in [1.807, 2.05) is 6.07 Å². The van der Waals surface area contributed by atoms with Crippen LogP contribution in [-0.4, -0.2) is 21.7 Å². The van der Waals surface area contributed by atoms with Gasteiger partial charge in [0, 0.05) is 25.4 Å². The van der Waals surface area contributed by atoms with Crippen LogP contribution in [0.4, 0.5) is 0 Å². The molecule has 0 aliphatic rings. The summed E-state index contributed by atoms with van der Waals surface area (Å²) in [6.07, 6.45) is 7.43. The SMILES string of the molecule is OCCCCCc1ncccn1. The monoisotopic (exact) mass is 166 g/mol. The molecule has 0 saturated heterocycles. The molecule has 0 radical (unpaired) electrons. The van der Waals surface area contributed by atoms with Crippen molar-refractivity contribution in [1.82, 2.24) is 9.97 Å². The lowest BCUT2D eigenvalue weighted by Crippen LogP contribution is -1.93. The Hall–Kier alpha value is -0.960. The van der Waals surface area contributed by atoms with Crippen molar-refractivity contribution in [2.75, 3.05) is 6.61 Å². The Morgan fingerprint density at radius 2 is 1.83 bits per heavy atom. The van der Waals surface area contributed by atoms with Gasteiger partial charge < -0.3 is 5.11 Å². The molecule has 0 aliphatic carbocycles. The van der Waals surface area contributed by atoms with Gasteiger partial charge in [0.25, 0.3) is 0 Å². The van der Waals surface area contributed by atoms with Crippen molar-refractivity contribution in [1.29, 1.82) is 0 Å². The Balaban J connectivity index is 2.16. The first-order valence-electron chi connectivity index (χ1n) is 4.30. The van der Waals surface area contributed by atoms with Crippen molar-refractivity contribution in [2.24, 2.45) is 0 Å². The second kappa shape index (κ2) is 5.66. The summed E-state index contributed by atoms with van der Waals surface area (Å²) in [6.45, 7) is 0.287. The number of hydrogen-bond acceptors (Lipinski definition) is 3. The van der Waals surface area contributed by atoms with Gasteiger partial charge in [-0.15, -0.1) is 0 Å². The topological polar surface area (TPSA) is 46.0 Å². The predicted molar refractivity (Wildman–Crippen MR) is 46.7 cm³/mol.